The first-order valence-corrected chi connectivity index (χ1v) is 4.65. The van der Waals surface area contributed by atoms with Crippen molar-refractivity contribution in [3.63, 3.8) is 0 Å². The Morgan fingerprint density at radius 3 is 2.36 bits per heavy atom. The molecule has 0 aromatic carbocycles. The molecule has 0 rings (SSSR count). The highest BCUT2D eigenvalue weighted by atomic mass is 16.5. The molecular formula is C10H20N2O2. The highest BCUT2D eigenvalue weighted by Gasteiger charge is 1.94. The van der Waals surface area contributed by atoms with E-state index in [1.54, 1.807) is 6.92 Å². The predicted molar refractivity (Wildman–Crippen MR) is 60.8 cm³/mol. The van der Waals surface area contributed by atoms with Crippen molar-refractivity contribution in [2.24, 2.45) is 9.98 Å². The lowest BCUT2D eigenvalue weighted by atomic mass is 10.5. The Kier molecular flexibility index (Phi) is 13.0. The minimum atomic E-state index is 0.0947. The second-order valence-corrected chi connectivity index (χ2v) is 2.21. The van der Waals surface area contributed by atoms with Crippen LogP contribution < -0.4 is 0 Å². The van der Waals surface area contributed by atoms with E-state index in [4.69, 9.17) is 9.84 Å². The first-order valence-electron chi connectivity index (χ1n) is 4.65. The van der Waals surface area contributed by atoms with Crippen LogP contribution in [0.3, 0.4) is 0 Å². The van der Waals surface area contributed by atoms with Crippen LogP contribution in [0.15, 0.2) is 22.3 Å². The normalized spacial score (nSPS) is 9.86. The van der Waals surface area contributed by atoms with Crippen molar-refractivity contribution < 1.29 is 9.84 Å². The SMILES string of the molecule is C=NC(=NC(=C)C)OCCCO.CC. The van der Waals surface area contributed by atoms with Gasteiger partial charge in [0.2, 0.25) is 0 Å². The van der Waals surface area contributed by atoms with Gasteiger partial charge < -0.3 is 9.84 Å². The number of aliphatic hydroxyl groups excluding tert-OH is 1. The van der Waals surface area contributed by atoms with Crippen molar-refractivity contribution in [1.82, 2.24) is 0 Å². The van der Waals surface area contributed by atoms with E-state index >= 15 is 0 Å². The maximum Gasteiger partial charge on any atom is 0.315 e. The number of aliphatic hydroxyl groups is 1. The van der Waals surface area contributed by atoms with E-state index in [-0.39, 0.29) is 12.6 Å². The molecule has 0 fully saturated rings. The molecule has 0 bridgehead atoms. The maximum atomic E-state index is 8.45. The van der Waals surface area contributed by atoms with Gasteiger partial charge in [-0.1, -0.05) is 20.4 Å². The third-order valence-electron chi connectivity index (χ3n) is 0.955. The van der Waals surface area contributed by atoms with Crippen molar-refractivity contribution in [3.8, 4) is 0 Å². The number of nitrogens with zero attached hydrogens (tertiary/aromatic N) is 2. The molecule has 0 heterocycles. The smallest absolute Gasteiger partial charge is 0.315 e. The highest BCUT2D eigenvalue weighted by molar-refractivity contribution is 5.79. The van der Waals surface area contributed by atoms with Crippen LogP contribution in [0.1, 0.15) is 27.2 Å². The first kappa shape index (κ1) is 15.3. The topological polar surface area (TPSA) is 54.2 Å². The van der Waals surface area contributed by atoms with E-state index in [2.05, 4.69) is 23.3 Å². The number of amidine groups is 1. The average molecular weight is 200 g/mol. The molecule has 0 aliphatic carbocycles. The number of hydrogen-bond acceptors (Lipinski definition) is 3. The summed E-state index contributed by atoms with van der Waals surface area (Å²) in [6.07, 6.45) is 0.560. The second-order valence-electron chi connectivity index (χ2n) is 2.21. The molecule has 0 saturated carbocycles. The molecule has 0 saturated heterocycles. The van der Waals surface area contributed by atoms with Crippen LogP contribution in [0.4, 0.5) is 0 Å². The van der Waals surface area contributed by atoms with Gasteiger partial charge in [0.05, 0.1) is 6.61 Å². The molecule has 4 nitrogen and oxygen atoms in total. The summed E-state index contributed by atoms with van der Waals surface area (Å²) in [6.45, 7) is 13.1. The fourth-order valence-electron chi connectivity index (χ4n) is 0.505. The first-order chi connectivity index (χ1) is 6.70. The van der Waals surface area contributed by atoms with E-state index < -0.39 is 0 Å². The Hall–Kier alpha value is -1.16. The van der Waals surface area contributed by atoms with Gasteiger partial charge in [0.1, 0.15) is 0 Å². The van der Waals surface area contributed by atoms with Crippen LogP contribution in [0.5, 0.6) is 0 Å². The van der Waals surface area contributed by atoms with Gasteiger partial charge in [0.15, 0.2) is 0 Å². The number of aliphatic imine (C=N–C) groups is 2. The predicted octanol–water partition coefficient (Wildman–Crippen LogP) is 2.00. The molecule has 4 heteroatoms. The third kappa shape index (κ3) is 10.8. The zero-order chi connectivity index (χ0) is 11.4. The van der Waals surface area contributed by atoms with Crippen molar-refractivity contribution in [2.75, 3.05) is 13.2 Å². The molecule has 0 aliphatic rings. The lowest BCUT2D eigenvalue weighted by Crippen LogP contribution is -2.04. The van der Waals surface area contributed by atoms with Crippen LogP contribution >= 0.6 is 0 Å². The second kappa shape index (κ2) is 11.8. The Balaban J connectivity index is 0. The fraction of sp³-hybridized carbons (Fsp3) is 0.600. The van der Waals surface area contributed by atoms with E-state index in [1.807, 2.05) is 13.8 Å². The summed E-state index contributed by atoms with van der Waals surface area (Å²) >= 11 is 0. The van der Waals surface area contributed by atoms with E-state index in [1.165, 1.54) is 0 Å². The molecule has 1 N–H and O–H groups in total. The molecule has 0 aromatic rings. The molecular weight excluding hydrogens is 180 g/mol. The summed E-state index contributed by atoms with van der Waals surface area (Å²) in [6, 6.07) is 0.205. The summed E-state index contributed by atoms with van der Waals surface area (Å²) in [5.74, 6) is 0. The van der Waals surface area contributed by atoms with Crippen molar-refractivity contribution in [3.05, 3.63) is 12.3 Å². The minimum absolute atomic E-state index is 0.0947. The van der Waals surface area contributed by atoms with Gasteiger partial charge >= 0.3 is 6.02 Å². The molecule has 0 amide bonds. The largest absolute Gasteiger partial charge is 0.463 e. The van der Waals surface area contributed by atoms with E-state index in [0.29, 0.717) is 18.7 Å². The Morgan fingerprint density at radius 2 is 2.00 bits per heavy atom. The molecule has 0 atom stereocenters. The number of rotatable bonds is 4. The Bertz CT molecular complexity index is 189. The van der Waals surface area contributed by atoms with Crippen LogP contribution in [-0.4, -0.2) is 31.1 Å². The summed E-state index contributed by atoms with van der Waals surface area (Å²) < 4.78 is 5.04. The highest BCUT2D eigenvalue weighted by Crippen LogP contribution is 1.94. The van der Waals surface area contributed by atoms with Gasteiger partial charge in [0.25, 0.3) is 0 Å². The van der Waals surface area contributed by atoms with Crippen LogP contribution in [0.25, 0.3) is 0 Å². The molecule has 0 radical (unpaired) electrons. The van der Waals surface area contributed by atoms with Crippen molar-refractivity contribution in [2.45, 2.75) is 27.2 Å². The summed E-state index contributed by atoms with van der Waals surface area (Å²) in [5.41, 5.74) is 0.612. The Labute approximate surface area is 86.0 Å². The molecule has 0 unspecified atom stereocenters. The number of allylic oxidation sites excluding steroid dienone is 1. The van der Waals surface area contributed by atoms with Gasteiger partial charge in [-0.25, -0.2) is 9.98 Å². The number of hydrogen-bond donors (Lipinski definition) is 1. The van der Waals surface area contributed by atoms with Crippen LogP contribution in [-0.2, 0) is 4.74 Å². The van der Waals surface area contributed by atoms with Gasteiger partial charge in [0, 0.05) is 18.7 Å². The molecule has 0 aromatic heterocycles. The summed E-state index contributed by atoms with van der Waals surface area (Å²) in [7, 11) is 0. The van der Waals surface area contributed by atoms with Crippen molar-refractivity contribution >= 4 is 12.7 Å². The van der Waals surface area contributed by atoms with Crippen LogP contribution in [0.2, 0.25) is 0 Å². The lowest BCUT2D eigenvalue weighted by Gasteiger charge is -2.02. The molecule has 0 spiro atoms. The maximum absolute atomic E-state index is 8.45. The van der Waals surface area contributed by atoms with Gasteiger partial charge in [-0.15, -0.1) is 0 Å². The van der Waals surface area contributed by atoms with Crippen LogP contribution in [0, 0.1) is 0 Å². The van der Waals surface area contributed by atoms with E-state index in [0.717, 1.165) is 0 Å². The summed E-state index contributed by atoms with van der Waals surface area (Å²) in [5, 5.41) is 8.45. The monoisotopic (exact) mass is 200 g/mol. The fourth-order valence-corrected chi connectivity index (χ4v) is 0.505. The zero-order valence-corrected chi connectivity index (χ0v) is 9.29. The minimum Gasteiger partial charge on any atom is -0.463 e. The average Bonchev–Trinajstić information content (AvgIpc) is 2.19. The Morgan fingerprint density at radius 1 is 1.43 bits per heavy atom. The third-order valence-corrected chi connectivity index (χ3v) is 0.955. The van der Waals surface area contributed by atoms with E-state index in [9.17, 15) is 0 Å². The standard InChI is InChI=1S/C8H14N2O2.C2H6/c1-7(2)10-8(9-3)12-6-4-5-11;1-2/h11H,1,3-6H2,2H3;1-2H3. The van der Waals surface area contributed by atoms with Gasteiger partial charge in [-0.2, -0.15) is 0 Å². The lowest BCUT2D eigenvalue weighted by molar-refractivity contribution is 0.225. The molecule has 14 heavy (non-hydrogen) atoms. The van der Waals surface area contributed by atoms with Crippen molar-refractivity contribution in [1.29, 1.82) is 0 Å². The quantitative estimate of drug-likeness (QED) is 0.428. The molecule has 0 aliphatic heterocycles. The number of ether oxygens (including phenoxy) is 1. The zero-order valence-electron chi connectivity index (χ0n) is 9.29. The van der Waals surface area contributed by atoms with Gasteiger partial charge in [-0.05, 0) is 13.6 Å². The molecule has 82 valence electrons. The van der Waals surface area contributed by atoms with Gasteiger partial charge in [-0.3, -0.25) is 0 Å². The summed E-state index contributed by atoms with van der Waals surface area (Å²) in [4.78, 5) is 7.39.